The standard InChI is InChI=1S/C25H35N9O8S/c26-25(27)28-8-4-7-14-22(39)34-23(40)20(13-5-2-1-3-6-13)33-16(12-43)21(38)30-11-19(37)32-15(24(41)42)9-17(35)29-10-18(36)31-14/h1-3,5-6,14-16,20,33,43H,4,7-12H2,(H,29,35)(H,30,38)(H,31,36)(H,32,37)(H,41,42)(H4,26,27,28)(H,34,39,40)/t14-,15-,16-,20?/m0/s1. The Labute approximate surface area is 251 Å². The van der Waals surface area contributed by atoms with Crippen LogP contribution >= 0.6 is 12.6 Å². The smallest absolute Gasteiger partial charge is 0.326 e. The number of carboxylic acid groups (broad SMARTS) is 1. The minimum Gasteiger partial charge on any atom is -0.480 e. The van der Waals surface area contributed by atoms with Gasteiger partial charge in [0.2, 0.25) is 35.4 Å². The molecule has 1 aromatic carbocycles. The Kier molecular flexibility index (Phi) is 13.9. The van der Waals surface area contributed by atoms with Crippen LogP contribution < -0.4 is 43.4 Å². The maximum absolute atomic E-state index is 13.4. The third kappa shape index (κ3) is 12.0. The molecule has 2 rings (SSSR count). The highest BCUT2D eigenvalue weighted by Gasteiger charge is 2.31. The van der Waals surface area contributed by atoms with E-state index in [9.17, 15) is 38.7 Å². The molecule has 1 aromatic rings. The number of hydrogen-bond donors (Lipinski definition) is 10. The van der Waals surface area contributed by atoms with E-state index in [-0.39, 0.29) is 31.1 Å². The van der Waals surface area contributed by atoms with E-state index < -0.39 is 85.1 Å². The molecule has 11 N–H and O–H groups in total. The number of aliphatic imine (C=N–C) groups is 1. The van der Waals surface area contributed by atoms with E-state index in [1.54, 1.807) is 30.3 Å². The number of benzene rings is 1. The highest BCUT2D eigenvalue weighted by molar-refractivity contribution is 7.80. The van der Waals surface area contributed by atoms with Gasteiger partial charge in [0, 0.05) is 12.3 Å². The van der Waals surface area contributed by atoms with Crippen molar-refractivity contribution in [2.45, 2.75) is 43.4 Å². The van der Waals surface area contributed by atoms with E-state index in [1.807, 2.05) is 0 Å². The first-order chi connectivity index (χ1) is 20.4. The molecule has 1 aliphatic rings. The molecule has 0 bridgehead atoms. The fourth-order valence-corrected chi connectivity index (χ4v) is 4.12. The number of imide groups is 1. The van der Waals surface area contributed by atoms with E-state index in [2.05, 4.69) is 49.5 Å². The van der Waals surface area contributed by atoms with Gasteiger partial charge in [-0.25, -0.2) is 4.79 Å². The summed E-state index contributed by atoms with van der Waals surface area (Å²) >= 11 is 4.16. The second-order valence-corrected chi connectivity index (χ2v) is 9.69. The van der Waals surface area contributed by atoms with Crippen LogP contribution in [0.2, 0.25) is 0 Å². The van der Waals surface area contributed by atoms with Gasteiger partial charge in [-0.2, -0.15) is 12.6 Å². The highest BCUT2D eigenvalue weighted by Crippen LogP contribution is 2.15. The number of thiol groups is 1. The number of carboxylic acids is 1. The van der Waals surface area contributed by atoms with E-state index in [1.165, 1.54) is 0 Å². The minimum absolute atomic E-state index is 0.00615. The number of nitrogens with two attached hydrogens (primary N) is 2. The summed E-state index contributed by atoms with van der Waals surface area (Å²) in [6, 6.07) is 2.81. The zero-order valence-electron chi connectivity index (χ0n) is 23.0. The molecule has 0 spiro atoms. The van der Waals surface area contributed by atoms with Crippen LogP contribution in [-0.2, 0) is 33.6 Å². The van der Waals surface area contributed by atoms with Crippen LogP contribution in [0, 0.1) is 0 Å². The van der Waals surface area contributed by atoms with E-state index >= 15 is 0 Å². The molecule has 1 heterocycles. The molecule has 234 valence electrons. The average molecular weight is 622 g/mol. The summed E-state index contributed by atoms with van der Waals surface area (Å²) in [6.07, 6.45) is -0.508. The third-order valence-corrected chi connectivity index (χ3v) is 6.36. The molecule has 4 atom stereocenters. The molecule has 17 nitrogen and oxygen atoms in total. The molecule has 1 saturated heterocycles. The Balaban J connectivity index is 2.40. The zero-order chi connectivity index (χ0) is 31.9. The molecule has 0 aromatic heterocycles. The van der Waals surface area contributed by atoms with Crippen LogP contribution in [0.15, 0.2) is 35.3 Å². The Bertz CT molecular complexity index is 1230. The average Bonchev–Trinajstić information content (AvgIpc) is 2.96. The first-order valence-corrected chi connectivity index (χ1v) is 13.7. The van der Waals surface area contributed by atoms with Gasteiger partial charge in [0.1, 0.15) is 18.1 Å². The van der Waals surface area contributed by atoms with Crippen LogP contribution in [0.25, 0.3) is 0 Å². The summed E-state index contributed by atoms with van der Waals surface area (Å²) in [5.41, 5.74) is 11.0. The molecule has 6 amide bonds. The van der Waals surface area contributed by atoms with Crippen molar-refractivity contribution in [1.29, 1.82) is 0 Å². The number of nitrogens with zero attached hydrogens (tertiary/aromatic N) is 1. The molecule has 0 aliphatic carbocycles. The summed E-state index contributed by atoms with van der Waals surface area (Å²) < 4.78 is 0. The van der Waals surface area contributed by atoms with E-state index in [0.717, 1.165) is 0 Å². The van der Waals surface area contributed by atoms with Gasteiger partial charge in [-0.05, 0) is 18.4 Å². The van der Waals surface area contributed by atoms with Crippen molar-refractivity contribution < 1.29 is 38.7 Å². The lowest BCUT2D eigenvalue weighted by atomic mass is 10.0. The number of aliphatic carboxylic acids is 1. The quantitative estimate of drug-likeness (QED) is 0.0460. The van der Waals surface area contributed by atoms with Gasteiger partial charge in [-0.3, -0.25) is 44.4 Å². The molecular formula is C25H35N9O8S. The first kappa shape index (κ1) is 34.5. The van der Waals surface area contributed by atoms with Crippen LogP contribution in [0.1, 0.15) is 30.9 Å². The topological polar surface area (TPSA) is 276 Å². The maximum Gasteiger partial charge on any atom is 0.326 e. The van der Waals surface area contributed by atoms with Gasteiger partial charge < -0.3 is 37.8 Å². The Morgan fingerprint density at radius 2 is 1.53 bits per heavy atom. The second-order valence-electron chi connectivity index (χ2n) is 9.32. The van der Waals surface area contributed by atoms with Crippen molar-refractivity contribution in [3.05, 3.63) is 35.9 Å². The summed E-state index contributed by atoms with van der Waals surface area (Å²) in [6.45, 7) is -1.18. The van der Waals surface area contributed by atoms with E-state index in [0.29, 0.717) is 5.56 Å². The Morgan fingerprint density at radius 1 is 0.884 bits per heavy atom. The van der Waals surface area contributed by atoms with Gasteiger partial charge in [0.25, 0.3) is 0 Å². The monoisotopic (exact) mass is 621 g/mol. The summed E-state index contributed by atoms with van der Waals surface area (Å²) in [5.74, 6) is -6.96. The van der Waals surface area contributed by atoms with Crippen LogP contribution in [0.3, 0.4) is 0 Å². The lowest BCUT2D eigenvalue weighted by molar-refractivity contribution is -0.143. The highest BCUT2D eigenvalue weighted by atomic mass is 32.1. The Morgan fingerprint density at radius 3 is 2.16 bits per heavy atom. The van der Waals surface area contributed by atoms with Crippen molar-refractivity contribution in [2.75, 3.05) is 25.4 Å². The lowest BCUT2D eigenvalue weighted by Crippen LogP contribution is -2.55. The molecule has 0 radical (unpaired) electrons. The number of hydrogen-bond acceptors (Lipinski definition) is 10. The van der Waals surface area contributed by atoms with Crippen LogP contribution in [0.4, 0.5) is 0 Å². The predicted molar refractivity (Wildman–Crippen MR) is 155 cm³/mol. The fourth-order valence-electron chi connectivity index (χ4n) is 3.85. The summed E-state index contributed by atoms with van der Waals surface area (Å²) in [4.78, 5) is 92.1. The minimum atomic E-state index is -1.66. The van der Waals surface area contributed by atoms with Crippen molar-refractivity contribution in [2.24, 2.45) is 16.5 Å². The van der Waals surface area contributed by atoms with Gasteiger partial charge >= 0.3 is 5.97 Å². The summed E-state index contributed by atoms with van der Waals surface area (Å²) in [7, 11) is 0. The number of rotatable bonds is 7. The first-order valence-electron chi connectivity index (χ1n) is 13.1. The normalized spacial score (nSPS) is 23.2. The molecule has 1 aliphatic heterocycles. The number of carbonyl (C=O) groups is 7. The SMILES string of the molecule is NC(N)=NCCC[C@@H]1NC(=O)CNC(=O)C[C@@H](C(=O)O)NC(=O)CNC(=O)[C@H](CS)NC(c2ccccc2)C(=O)NC1=O. The van der Waals surface area contributed by atoms with Crippen molar-refractivity contribution in [3.63, 3.8) is 0 Å². The number of nitrogens with one attached hydrogen (secondary N) is 6. The second kappa shape index (κ2) is 17.3. The van der Waals surface area contributed by atoms with E-state index in [4.69, 9.17) is 11.5 Å². The van der Waals surface area contributed by atoms with Gasteiger partial charge in [0.15, 0.2) is 5.96 Å². The Hall–Kier alpha value is -4.71. The van der Waals surface area contributed by atoms with Crippen LogP contribution in [0.5, 0.6) is 0 Å². The largest absolute Gasteiger partial charge is 0.480 e. The number of carbonyl (C=O) groups excluding carboxylic acids is 6. The maximum atomic E-state index is 13.4. The molecular weight excluding hydrogens is 586 g/mol. The van der Waals surface area contributed by atoms with Crippen molar-refractivity contribution in [3.8, 4) is 0 Å². The summed E-state index contributed by atoms with van der Waals surface area (Å²) in [5, 5.41) is 23.6. The van der Waals surface area contributed by atoms with Crippen molar-refractivity contribution >= 4 is 60.0 Å². The molecule has 1 fully saturated rings. The molecule has 18 heteroatoms. The predicted octanol–water partition coefficient (Wildman–Crippen LogP) is -4.00. The van der Waals surface area contributed by atoms with Gasteiger partial charge in [-0.15, -0.1) is 0 Å². The molecule has 43 heavy (non-hydrogen) atoms. The number of amides is 6. The molecule has 0 saturated carbocycles. The fraction of sp³-hybridized carbons (Fsp3) is 0.440. The lowest BCUT2D eigenvalue weighted by Gasteiger charge is -2.25. The molecule has 1 unspecified atom stereocenters. The third-order valence-electron chi connectivity index (χ3n) is 6.00. The van der Waals surface area contributed by atoms with Crippen molar-refractivity contribution in [1.82, 2.24) is 31.9 Å². The zero-order valence-corrected chi connectivity index (χ0v) is 23.9. The van der Waals surface area contributed by atoms with Gasteiger partial charge in [-0.1, -0.05) is 30.3 Å². The van der Waals surface area contributed by atoms with Crippen LogP contribution in [-0.4, -0.2) is 96.0 Å². The number of guanidine groups is 1. The van der Waals surface area contributed by atoms with Gasteiger partial charge in [0.05, 0.1) is 25.6 Å².